The van der Waals surface area contributed by atoms with Crippen LogP contribution >= 0.6 is 17.7 Å². The maximum absolute atomic E-state index is 14.9. The van der Waals surface area contributed by atoms with E-state index < -0.39 is 7.82 Å². The van der Waals surface area contributed by atoms with Crippen LogP contribution in [0.3, 0.4) is 0 Å². The first kappa shape index (κ1) is 48.7. The third-order valence-electron chi connectivity index (χ3n) is 9.70. The molecule has 0 bridgehead atoms. The van der Waals surface area contributed by atoms with Gasteiger partial charge in [-0.25, -0.2) is 0 Å². The number of benzene rings is 3. The molecular weight excluding hydrogens is 689 g/mol. The second-order valence-corrected chi connectivity index (χ2v) is 15.6. The molecule has 0 saturated carbocycles. The average Bonchev–Trinajstić information content (AvgIpc) is 3.12. The van der Waals surface area contributed by atoms with Crippen LogP contribution in [0.25, 0.3) is 0 Å². The Kier molecular flexibility index (Phi) is 29.0. The number of phosphoric ester groups is 1. The molecule has 0 heterocycles. The molecule has 7 heteroatoms. The zero-order valence-corrected chi connectivity index (χ0v) is 35.0. The van der Waals surface area contributed by atoms with Gasteiger partial charge in [-0.05, 0) is 73.4 Å². The summed E-state index contributed by atoms with van der Waals surface area (Å²) in [5, 5.41) is 0. The summed E-state index contributed by atoms with van der Waals surface area (Å²) < 4.78 is 34.2. The molecule has 1 unspecified atom stereocenters. The number of rotatable bonds is 30. The number of aryl methyl sites for hydroxylation is 3. The van der Waals surface area contributed by atoms with Crippen molar-refractivity contribution in [1.29, 1.82) is 0 Å². The molecule has 4 nitrogen and oxygen atoms in total. The Labute approximate surface area is 344 Å². The van der Waals surface area contributed by atoms with Gasteiger partial charge in [0.1, 0.15) is 17.2 Å². The Morgan fingerprint density at radius 2 is 0.615 bits per heavy atom. The Hall–Kier alpha value is -1.28. The van der Waals surface area contributed by atoms with Crippen molar-refractivity contribution in [3.8, 4) is 17.2 Å². The number of hydrogen-bond acceptors (Lipinski definition) is 4. The molecule has 0 spiro atoms. The van der Waals surface area contributed by atoms with Gasteiger partial charge in [0.2, 0.25) is 0 Å². The summed E-state index contributed by atoms with van der Waals surface area (Å²) >= 11 is 0. The molecule has 3 aromatic rings. The Bertz CT molecular complexity index is 1190. The monoisotopic (exact) mass is 762 g/mol. The third kappa shape index (κ3) is 20.4. The fourth-order valence-corrected chi connectivity index (χ4v) is 8.00. The Balaban J connectivity index is 0.00000676. The average molecular weight is 763 g/mol. The van der Waals surface area contributed by atoms with E-state index in [0.717, 1.165) is 55.2 Å². The predicted molar refractivity (Wildman–Crippen MR) is 232 cm³/mol. The van der Waals surface area contributed by atoms with Crippen LogP contribution in [-0.4, -0.2) is 29.6 Å². The van der Waals surface area contributed by atoms with Gasteiger partial charge in [0.15, 0.2) is 0 Å². The molecule has 0 saturated heterocycles. The predicted octanol–water partition coefficient (Wildman–Crippen LogP) is 14.6. The van der Waals surface area contributed by atoms with Gasteiger partial charge in [-0.15, -0.1) is 0 Å². The molecule has 0 aliphatic heterocycles. The molecule has 0 radical (unpaired) electrons. The molecule has 0 aromatic heterocycles. The zero-order chi connectivity index (χ0) is 35.5. The van der Waals surface area contributed by atoms with Gasteiger partial charge in [0.25, 0.3) is 0 Å². The van der Waals surface area contributed by atoms with Crippen LogP contribution in [0.1, 0.15) is 172 Å². The van der Waals surface area contributed by atoms with Crippen LogP contribution < -0.4 is 13.6 Å². The van der Waals surface area contributed by atoms with Gasteiger partial charge >= 0.3 is 37.4 Å². The first-order chi connectivity index (χ1) is 24.6. The summed E-state index contributed by atoms with van der Waals surface area (Å²) in [6.07, 6.45) is 28.7. The Morgan fingerprint density at radius 3 is 0.885 bits per heavy atom. The van der Waals surface area contributed by atoms with E-state index in [2.05, 4.69) is 39.0 Å². The fourth-order valence-electron chi connectivity index (χ4n) is 6.63. The number of phosphoric acid groups is 1. The fraction of sp³-hybridized carbons (Fsp3) is 0.600. The summed E-state index contributed by atoms with van der Waals surface area (Å²) in [5.74, 6) is 1.74. The quantitative estimate of drug-likeness (QED) is 0.0385. The molecule has 0 N–H and O–H groups in total. The summed E-state index contributed by atoms with van der Waals surface area (Å²) in [5.41, 5.74) is 3.13. The summed E-state index contributed by atoms with van der Waals surface area (Å²) in [7, 11) is -4.14. The summed E-state index contributed by atoms with van der Waals surface area (Å²) in [6, 6.07) is 23.9. The standard InChI is InChI=1S/C45H69O4P.Na.H3P.H/c1-4-7-10-13-16-19-22-31-40-34-25-28-37-43(40)47-50(46,48-44-38-29-26-35-41(44)32-23-20-17-14-11-8-5-2)49-45-39-30-27-36-42(45)33-24-21-18-15-12-9-6-3;;;/h25-30,34-39H,4-24,31-33H2,1-3H3;;1H3;. The Morgan fingerprint density at radius 1 is 0.385 bits per heavy atom. The van der Waals surface area contributed by atoms with Crippen molar-refractivity contribution >= 4 is 47.3 Å². The van der Waals surface area contributed by atoms with Gasteiger partial charge < -0.3 is 13.6 Å². The van der Waals surface area contributed by atoms with E-state index in [-0.39, 0.29) is 39.5 Å². The normalized spacial score (nSPS) is 11.1. The van der Waals surface area contributed by atoms with Crippen molar-refractivity contribution in [2.24, 2.45) is 0 Å². The molecule has 3 rings (SSSR count). The van der Waals surface area contributed by atoms with Gasteiger partial charge in [-0.3, -0.25) is 0 Å². The van der Waals surface area contributed by atoms with Crippen LogP contribution in [-0.2, 0) is 23.8 Å². The number of hydrogen-bond donors (Lipinski definition) is 0. The summed E-state index contributed by atoms with van der Waals surface area (Å²) in [6.45, 7) is 6.77. The van der Waals surface area contributed by atoms with Crippen molar-refractivity contribution in [1.82, 2.24) is 0 Å². The molecule has 1 atom stereocenters. The topological polar surface area (TPSA) is 44.8 Å². The van der Waals surface area contributed by atoms with Gasteiger partial charge in [0.05, 0.1) is 0 Å². The van der Waals surface area contributed by atoms with Crippen molar-refractivity contribution in [2.45, 2.75) is 175 Å². The minimum atomic E-state index is -4.14. The maximum atomic E-state index is 14.9. The third-order valence-corrected chi connectivity index (χ3v) is 11.0. The number of unbranched alkanes of at least 4 members (excludes halogenated alkanes) is 18. The minimum absolute atomic E-state index is 0. The molecule has 0 aliphatic carbocycles. The summed E-state index contributed by atoms with van der Waals surface area (Å²) in [4.78, 5) is 0. The van der Waals surface area contributed by atoms with Crippen molar-refractivity contribution in [3.05, 3.63) is 89.5 Å². The van der Waals surface area contributed by atoms with Crippen LogP contribution in [0, 0.1) is 0 Å². The second-order valence-electron chi connectivity index (χ2n) is 14.2. The molecule has 52 heavy (non-hydrogen) atoms. The van der Waals surface area contributed by atoms with E-state index >= 15 is 0 Å². The molecule has 0 amide bonds. The van der Waals surface area contributed by atoms with Gasteiger partial charge in [-0.2, -0.15) is 14.5 Å². The van der Waals surface area contributed by atoms with Crippen LogP contribution in [0.4, 0.5) is 0 Å². The van der Waals surface area contributed by atoms with E-state index in [1.54, 1.807) is 0 Å². The SMILES string of the molecule is CCCCCCCCCc1ccccc1OP(=O)(Oc1ccccc1CCCCCCCCC)Oc1ccccc1CCCCCCCCC.P.[NaH]. The van der Waals surface area contributed by atoms with Gasteiger partial charge in [0, 0.05) is 0 Å². The zero-order valence-electron chi connectivity index (χ0n) is 32.7. The van der Waals surface area contributed by atoms with E-state index in [1.807, 2.05) is 54.6 Å². The van der Waals surface area contributed by atoms with Crippen molar-refractivity contribution in [3.63, 3.8) is 0 Å². The number of para-hydroxylation sites is 3. The van der Waals surface area contributed by atoms with E-state index in [4.69, 9.17) is 13.6 Å². The molecular formula is C45H73NaO4P2. The van der Waals surface area contributed by atoms with Gasteiger partial charge in [-0.1, -0.05) is 191 Å². The van der Waals surface area contributed by atoms with E-state index in [9.17, 15) is 4.57 Å². The molecule has 288 valence electrons. The first-order valence-electron chi connectivity index (χ1n) is 20.5. The van der Waals surface area contributed by atoms with Crippen LogP contribution in [0.5, 0.6) is 17.2 Å². The van der Waals surface area contributed by atoms with E-state index in [0.29, 0.717) is 17.2 Å². The van der Waals surface area contributed by atoms with Crippen molar-refractivity contribution < 1.29 is 18.1 Å². The second kappa shape index (κ2) is 31.0. The van der Waals surface area contributed by atoms with Crippen LogP contribution in [0.15, 0.2) is 72.8 Å². The van der Waals surface area contributed by atoms with Crippen molar-refractivity contribution in [2.75, 3.05) is 0 Å². The van der Waals surface area contributed by atoms with E-state index in [1.165, 1.54) is 116 Å². The molecule has 0 fully saturated rings. The van der Waals surface area contributed by atoms with Crippen LogP contribution in [0.2, 0.25) is 0 Å². The molecule has 3 aromatic carbocycles. The first-order valence-corrected chi connectivity index (χ1v) is 22.0. The molecule has 0 aliphatic rings.